The fourth-order valence-corrected chi connectivity index (χ4v) is 3.17. The molecule has 0 bridgehead atoms. The fraction of sp³-hybridized carbons (Fsp3) is 0.429. The van der Waals surface area contributed by atoms with Gasteiger partial charge >= 0.3 is 0 Å². The van der Waals surface area contributed by atoms with Crippen LogP contribution in [0.25, 0.3) is 10.6 Å². The molecule has 4 heteroatoms. The molecule has 1 aromatic carbocycles. The van der Waals surface area contributed by atoms with Crippen molar-refractivity contribution in [2.24, 2.45) is 0 Å². The zero-order valence-electron chi connectivity index (χ0n) is 11.3. The van der Waals surface area contributed by atoms with E-state index in [9.17, 15) is 0 Å². The summed E-state index contributed by atoms with van der Waals surface area (Å²) in [4.78, 5) is 0. The molecule has 18 heavy (non-hydrogen) atoms. The van der Waals surface area contributed by atoms with Crippen LogP contribution in [0.15, 0.2) is 18.2 Å². The summed E-state index contributed by atoms with van der Waals surface area (Å²) in [6.07, 6.45) is 1.03. The van der Waals surface area contributed by atoms with Crippen molar-refractivity contribution < 1.29 is 0 Å². The van der Waals surface area contributed by atoms with Crippen molar-refractivity contribution in [3.63, 3.8) is 0 Å². The lowest BCUT2D eigenvalue weighted by molar-refractivity contribution is 0.568. The van der Waals surface area contributed by atoms with Crippen LogP contribution in [0, 0.1) is 13.8 Å². The van der Waals surface area contributed by atoms with Gasteiger partial charge in [-0.3, -0.25) is 0 Å². The first-order valence-corrected chi connectivity index (χ1v) is 7.05. The third-order valence-corrected chi connectivity index (χ3v) is 4.18. The molecule has 0 aliphatic heterocycles. The molecule has 3 nitrogen and oxygen atoms in total. The second kappa shape index (κ2) is 5.59. The van der Waals surface area contributed by atoms with E-state index in [1.807, 2.05) is 7.05 Å². The third kappa shape index (κ3) is 2.60. The number of aromatic nitrogens is 2. The van der Waals surface area contributed by atoms with Crippen LogP contribution in [0.4, 0.5) is 0 Å². The van der Waals surface area contributed by atoms with Crippen molar-refractivity contribution in [1.82, 2.24) is 15.5 Å². The summed E-state index contributed by atoms with van der Waals surface area (Å²) < 4.78 is 0. The zero-order valence-corrected chi connectivity index (χ0v) is 12.1. The Morgan fingerprint density at radius 2 is 2.06 bits per heavy atom. The van der Waals surface area contributed by atoms with E-state index < -0.39 is 0 Å². The van der Waals surface area contributed by atoms with Crippen molar-refractivity contribution >= 4 is 11.3 Å². The molecule has 1 aromatic heterocycles. The topological polar surface area (TPSA) is 37.8 Å². The second-order valence-corrected chi connectivity index (χ2v) is 5.52. The summed E-state index contributed by atoms with van der Waals surface area (Å²) in [6, 6.07) is 6.75. The van der Waals surface area contributed by atoms with E-state index in [0.29, 0.717) is 6.04 Å². The van der Waals surface area contributed by atoms with Crippen molar-refractivity contribution in [3.8, 4) is 10.6 Å². The van der Waals surface area contributed by atoms with Crippen molar-refractivity contribution in [2.75, 3.05) is 7.05 Å². The van der Waals surface area contributed by atoms with Gasteiger partial charge in [0, 0.05) is 5.56 Å². The van der Waals surface area contributed by atoms with Gasteiger partial charge in [-0.2, -0.15) is 0 Å². The molecule has 0 aliphatic rings. The van der Waals surface area contributed by atoms with Gasteiger partial charge in [-0.05, 0) is 32.9 Å². The molecule has 0 spiro atoms. The number of nitrogens with zero attached hydrogens (tertiary/aromatic N) is 2. The minimum absolute atomic E-state index is 0.307. The van der Waals surface area contributed by atoms with Crippen molar-refractivity contribution in [3.05, 3.63) is 34.3 Å². The van der Waals surface area contributed by atoms with Gasteiger partial charge in [-0.1, -0.05) is 42.0 Å². The predicted molar refractivity (Wildman–Crippen MR) is 76.9 cm³/mol. The molecule has 0 radical (unpaired) electrons. The highest BCUT2D eigenvalue weighted by Gasteiger charge is 2.14. The Balaban J connectivity index is 2.34. The monoisotopic (exact) mass is 261 g/mol. The van der Waals surface area contributed by atoms with Crippen molar-refractivity contribution in [2.45, 2.75) is 33.2 Å². The van der Waals surface area contributed by atoms with E-state index in [1.165, 1.54) is 16.7 Å². The van der Waals surface area contributed by atoms with Crippen LogP contribution in [0.1, 0.15) is 35.5 Å². The first kappa shape index (κ1) is 13.2. The van der Waals surface area contributed by atoms with Gasteiger partial charge < -0.3 is 5.32 Å². The van der Waals surface area contributed by atoms with Crippen LogP contribution in [0.5, 0.6) is 0 Å². The molecule has 0 fully saturated rings. The standard InChI is InChI=1S/C14H19N3S/c1-5-12(15-4)14-17-16-13(18-14)11-7-6-9(2)8-10(11)3/h6-8,12,15H,5H2,1-4H3. The van der Waals surface area contributed by atoms with E-state index in [2.05, 4.69) is 54.5 Å². The predicted octanol–water partition coefficient (Wildman–Crippen LogP) is 3.49. The number of nitrogens with one attached hydrogen (secondary N) is 1. The van der Waals surface area contributed by atoms with Gasteiger partial charge in [0.05, 0.1) is 6.04 Å². The highest BCUT2D eigenvalue weighted by Crippen LogP contribution is 2.30. The molecule has 0 saturated heterocycles. The fourth-order valence-electron chi connectivity index (χ4n) is 2.04. The Labute approximate surface area is 112 Å². The molecule has 2 rings (SSSR count). The minimum Gasteiger partial charge on any atom is -0.311 e. The molecule has 1 heterocycles. The second-order valence-electron chi connectivity index (χ2n) is 4.51. The number of aryl methyl sites for hydroxylation is 2. The quantitative estimate of drug-likeness (QED) is 0.915. The summed E-state index contributed by atoms with van der Waals surface area (Å²) in [5, 5.41) is 14.0. The summed E-state index contributed by atoms with van der Waals surface area (Å²) in [7, 11) is 1.96. The number of hydrogen-bond acceptors (Lipinski definition) is 4. The Kier molecular flexibility index (Phi) is 4.09. The molecular formula is C14H19N3S. The molecule has 0 amide bonds. The highest BCUT2D eigenvalue weighted by molar-refractivity contribution is 7.14. The van der Waals surface area contributed by atoms with Crippen LogP contribution >= 0.6 is 11.3 Å². The van der Waals surface area contributed by atoms with Gasteiger partial charge in [0.25, 0.3) is 0 Å². The van der Waals surface area contributed by atoms with Crippen LogP contribution in [0.3, 0.4) is 0 Å². The summed E-state index contributed by atoms with van der Waals surface area (Å²) >= 11 is 1.68. The van der Waals surface area contributed by atoms with Crippen LogP contribution < -0.4 is 5.32 Å². The lowest BCUT2D eigenvalue weighted by Crippen LogP contribution is -2.14. The van der Waals surface area contributed by atoms with Gasteiger partial charge in [0.1, 0.15) is 10.0 Å². The Morgan fingerprint density at radius 3 is 2.67 bits per heavy atom. The van der Waals surface area contributed by atoms with Crippen LogP contribution in [0.2, 0.25) is 0 Å². The SMILES string of the molecule is CCC(NC)c1nnc(-c2ccc(C)cc2C)s1. The number of rotatable bonds is 4. The maximum Gasteiger partial charge on any atom is 0.148 e. The van der Waals surface area contributed by atoms with Crippen molar-refractivity contribution in [1.29, 1.82) is 0 Å². The van der Waals surface area contributed by atoms with Gasteiger partial charge in [-0.25, -0.2) is 0 Å². The average molecular weight is 261 g/mol. The smallest absolute Gasteiger partial charge is 0.148 e. The van der Waals surface area contributed by atoms with E-state index in [-0.39, 0.29) is 0 Å². The largest absolute Gasteiger partial charge is 0.311 e. The molecule has 1 unspecified atom stereocenters. The third-order valence-electron chi connectivity index (χ3n) is 3.11. The Morgan fingerprint density at radius 1 is 1.28 bits per heavy atom. The maximum atomic E-state index is 4.32. The molecule has 1 N–H and O–H groups in total. The van der Waals surface area contributed by atoms with Gasteiger partial charge in [-0.15, -0.1) is 10.2 Å². The molecule has 96 valence electrons. The zero-order chi connectivity index (χ0) is 13.1. The first-order valence-electron chi connectivity index (χ1n) is 6.24. The number of hydrogen-bond donors (Lipinski definition) is 1. The van der Waals surface area contributed by atoms with E-state index in [1.54, 1.807) is 11.3 Å². The Bertz CT molecular complexity index is 530. The Hall–Kier alpha value is -1.26. The lowest BCUT2D eigenvalue weighted by atomic mass is 10.1. The normalized spacial score (nSPS) is 12.7. The van der Waals surface area contributed by atoms with Crippen LogP contribution in [-0.4, -0.2) is 17.2 Å². The highest BCUT2D eigenvalue weighted by atomic mass is 32.1. The minimum atomic E-state index is 0.307. The van der Waals surface area contributed by atoms with Gasteiger partial charge in [0.2, 0.25) is 0 Å². The first-order chi connectivity index (χ1) is 8.65. The molecule has 1 atom stereocenters. The average Bonchev–Trinajstić information content (AvgIpc) is 2.80. The van der Waals surface area contributed by atoms with E-state index in [0.717, 1.165) is 16.4 Å². The molecule has 2 aromatic rings. The molecule has 0 aliphatic carbocycles. The van der Waals surface area contributed by atoms with Crippen LogP contribution in [-0.2, 0) is 0 Å². The summed E-state index contributed by atoms with van der Waals surface area (Å²) in [5.41, 5.74) is 3.73. The summed E-state index contributed by atoms with van der Waals surface area (Å²) in [5.74, 6) is 0. The van der Waals surface area contributed by atoms with Gasteiger partial charge in [0.15, 0.2) is 0 Å². The lowest BCUT2D eigenvalue weighted by Gasteiger charge is -2.08. The number of benzene rings is 1. The molecule has 0 saturated carbocycles. The van der Waals surface area contributed by atoms with E-state index in [4.69, 9.17) is 0 Å². The molecular weight excluding hydrogens is 242 g/mol. The summed E-state index contributed by atoms with van der Waals surface area (Å²) in [6.45, 7) is 6.38. The van der Waals surface area contributed by atoms with E-state index >= 15 is 0 Å². The maximum absolute atomic E-state index is 4.32.